The Morgan fingerprint density at radius 2 is 2.06 bits per heavy atom. The summed E-state index contributed by atoms with van der Waals surface area (Å²) in [5.74, 6) is 0. The van der Waals surface area contributed by atoms with Crippen LogP contribution in [0, 0.1) is 5.41 Å². The maximum atomic E-state index is 4.73. The van der Waals surface area contributed by atoms with Crippen LogP contribution in [-0.4, -0.2) is 18.1 Å². The van der Waals surface area contributed by atoms with E-state index in [0.717, 1.165) is 11.9 Å². The summed E-state index contributed by atoms with van der Waals surface area (Å²) in [7, 11) is 2.05. The lowest BCUT2D eigenvalue weighted by molar-refractivity contribution is 0.240. The van der Waals surface area contributed by atoms with Crippen molar-refractivity contribution in [1.82, 2.24) is 10.3 Å². The summed E-state index contributed by atoms with van der Waals surface area (Å²) in [6, 6.07) is 8.85. The van der Waals surface area contributed by atoms with Gasteiger partial charge in [0.05, 0.1) is 15.2 Å². The van der Waals surface area contributed by atoms with Gasteiger partial charge in [0.25, 0.3) is 0 Å². The summed E-state index contributed by atoms with van der Waals surface area (Å²) in [6.07, 6.45) is 2.18. The fraction of sp³-hybridized carbons (Fsp3) is 0.533. The summed E-state index contributed by atoms with van der Waals surface area (Å²) < 4.78 is 1.29. The van der Waals surface area contributed by atoms with E-state index in [2.05, 4.69) is 57.4 Å². The van der Waals surface area contributed by atoms with Crippen molar-refractivity contribution >= 4 is 21.6 Å². The van der Waals surface area contributed by atoms with Crippen molar-refractivity contribution in [2.75, 3.05) is 7.05 Å². The number of para-hydroxylation sites is 1. The molecule has 2 rings (SSSR count). The summed E-state index contributed by atoms with van der Waals surface area (Å²) >= 11 is 1.82. The van der Waals surface area contributed by atoms with Crippen molar-refractivity contribution in [3.05, 3.63) is 29.3 Å². The van der Waals surface area contributed by atoms with Gasteiger partial charge in [0.2, 0.25) is 0 Å². The van der Waals surface area contributed by atoms with Gasteiger partial charge in [-0.15, -0.1) is 11.3 Å². The molecule has 0 aliphatic carbocycles. The van der Waals surface area contributed by atoms with E-state index in [4.69, 9.17) is 4.98 Å². The molecule has 1 unspecified atom stereocenters. The number of likely N-dealkylation sites (N-methyl/N-ethyl adjacent to an activating group) is 1. The van der Waals surface area contributed by atoms with E-state index in [0.29, 0.717) is 11.5 Å². The van der Waals surface area contributed by atoms with Crippen LogP contribution in [-0.2, 0) is 6.42 Å². The van der Waals surface area contributed by atoms with Crippen molar-refractivity contribution in [3.8, 4) is 0 Å². The van der Waals surface area contributed by atoms with Crippen molar-refractivity contribution in [2.24, 2.45) is 5.41 Å². The van der Waals surface area contributed by atoms with Crippen LogP contribution in [0.4, 0.5) is 0 Å². The van der Waals surface area contributed by atoms with Gasteiger partial charge in [0.1, 0.15) is 0 Å². The zero-order chi connectivity index (χ0) is 13.2. The number of benzene rings is 1. The summed E-state index contributed by atoms with van der Waals surface area (Å²) in [6.45, 7) is 6.89. The third-order valence-corrected chi connectivity index (χ3v) is 4.98. The fourth-order valence-corrected chi connectivity index (χ4v) is 3.21. The average molecular weight is 262 g/mol. The Hall–Kier alpha value is -0.930. The molecule has 0 amide bonds. The molecule has 0 radical (unpaired) electrons. The number of nitrogens with zero attached hydrogens (tertiary/aromatic N) is 1. The van der Waals surface area contributed by atoms with Crippen molar-refractivity contribution < 1.29 is 0 Å². The van der Waals surface area contributed by atoms with Gasteiger partial charge in [-0.05, 0) is 31.0 Å². The predicted molar refractivity (Wildman–Crippen MR) is 80.2 cm³/mol. The third kappa shape index (κ3) is 2.73. The number of rotatable bonds is 5. The highest BCUT2D eigenvalue weighted by Gasteiger charge is 2.27. The minimum atomic E-state index is 0.298. The van der Waals surface area contributed by atoms with Crippen molar-refractivity contribution in [1.29, 1.82) is 0 Å². The summed E-state index contributed by atoms with van der Waals surface area (Å²) in [4.78, 5) is 4.73. The van der Waals surface area contributed by atoms with E-state index < -0.39 is 0 Å². The maximum absolute atomic E-state index is 4.73. The first kappa shape index (κ1) is 13.5. The van der Waals surface area contributed by atoms with Gasteiger partial charge >= 0.3 is 0 Å². The lowest BCUT2D eigenvalue weighted by atomic mass is 9.80. The quantitative estimate of drug-likeness (QED) is 0.885. The second-order valence-electron chi connectivity index (χ2n) is 5.46. The molecule has 1 aromatic heterocycles. The molecule has 0 saturated carbocycles. The Morgan fingerprint density at radius 3 is 2.67 bits per heavy atom. The average Bonchev–Trinajstić information content (AvgIpc) is 2.78. The largest absolute Gasteiger partial charge is 0.316 e. The lowest BCUT2D eigenvalue weighted by Gasteiger charge is -2.32. The van der Waals surface area contributed by atoms with Crippen LogP contribution in [0.3, 0.4) is 0 Å². The second kappa shape index (κ2) is 5.37. The van der Waals surface area contributed by atoms with Gasteiger partial charge < -0.3 is 5.32 Å². The molecule has 0 fully saturated rings. The lowest BCUT2D eigenvalue weighted by Crippen LogP contribution is -2.41. The normalized spacial score (nSPS) is 14.0. The first-order valence-corrected chi connectivity index (χ1v) is 7.40. The standard InChI is InChI=1S/C15H22N2S/c1-5-15(2,3)13(16-4)10-14-17-11-8-6-7-9-12(11)18-14/h6-9,13,16H,5,10H2,1-4H3. The monoisotopic (exact) mass is 262 g/mol. The van der Waals surface area contributed by atoms with E-state index in [-0.39, 0.29) is 0 Å². The molecular formula is C15H22N2S. The number of thiazole rings is 1. The van der Waals surface area contributed by atoms with E-state index in [1.54, 1.807) is 0 Å². The molecule has 1 atom stereocenters. The number of fused-ring (bicyclic) bond motifs is 1. The molecule has 0 saturated heterocycles. The van der Waals surface area contributed by atoms with Crippen LogP contribution in [0.1, 0.15) is 32.2 Å². The fourth-order valence-electron chi connectivity index (χ4n) is 2.20. The Bertz CT molecular complexity index is 483. The highest BCUT2D eigenvalue weighted by molar-refractivity contribution is 7.18. The first-order valence-electron chi connectivity index (χ1n) is 6.58. The van der Waals surface area contributed by atoms with E-state index in [1.807, 2.05) is 11.3 Å². The molecule has 2 aromatic rings. The Labute approximate surface area is 113 Å². The van der Waals surface area contributed by atoms with Crippen LogP contribution in [0.5, 0.6) is 0 Å². The zero-order valence-electron chi connectivity index (χ0n) is 11.7. The predicted octanol–water partition coefficient (Wildman–Crippen LogP) is 3.86. The van der Waals surface area contributed by atoms with E-state index >= 15 is 0 Å². The molecule has 18 heavy (non-hydrogen) atoms. The van der Waals surface area contributed by atoms with Gasteiger partial charge in [-0.2, -0.15) is 0 Å². The van der Waals surface area contributed by atoms with Crippen molar-refractivity contribution in [3.63, 3.8) is 0 Å². The molecular weight excluding hydrogens is 240 g/mol. The summed E-state index contributed by atoms with van der Waals surface area (Å²) in [5.41, 5.74) is 1.42. The smallest absolute Gasteiger partial charge is 0.0954 e. The van der Waals surface area contributed by atoms with Gasteiger partial charge in [-0.1, -0.05) is 32.9 Å². The molecule has 1 heterocycles. The molecule has 98 valence electrons. The molecule has 2 nitrogen and oxygen atoms in total. The topological polar surface area (TPSA) is 24.9 Å². The molecule has 1 N–H and O–H groups in total. The van der Waals surface area contributed by atoms with Crippen LogP contribution in [0.2, 0.25) is 0 Å². The second-order valence-corrected chi connectivity index (χ2v) is 6.58. The zero-order valence-corrected chi connectivity index (χ0v) is 12.5. The van der Waals surface area contributed by atoms with Crippen LogP contribution in [0.25, 0.3) is 10.2 Å². The number of hydrogen-bond acceptors (Lipinski definition) is 3. The van der Waals surface area contributed by atoms with Crippen LogP contribution < -0.4 is 5.32 Å². The first-order chi connectivity index (χ1) is 8.56. The van der Waals surface area contributed by atoms with Gasteiger partial charge in [0.15, 0.2) is 0 Å². The maximum Gasteiger partial charge on any atom is 0.0954 e. The Kier molecular flexibility index (Phi) is 4.03. The van der Waals surface area contributed by atoms with E-state index in [1.165, 1.54) is 16.1 Å². The highest BCUT2D eigenvalue weighted by Crippen LogP contribution is 2.29. The third-order valence-electron chi connectivity index (χ3n) is 3.92. The van der Waals surface area contributed by atoms with Gasteiger partial charge in [-0.25, -0.2) is 4.98 Å². The highest BCUT2D eigenvalue weighted by atomic mass is 32.1. The van der Waals surface area contributed by atoms with E-state index in [9.17, 15) is 0 Å². The minimum Gasteiger partial charge on any atom is -0.316 e. The molecule has 0 aliphatic heterocycles. The Balaban J connectivity index is 2.21. The Morgan fingerprint density at radius 1 is 1.33 bits per heavy atom. The number of nitrogens with one attached hydrogen (secondary N) is 1. The molecule has 3 heteroatoms. The molecule has 0 aliphatic rings. The molecule has 0 spiro atoms. The minimum absolute atomic E-state index is 0.298. The molecule has 1 aromatic carbocycles. The molecule has 0 bridgehead atoms. The van der Waals surface area contributed by atoms with Gasteiger partial charge in [0, 0.05) is 12.5 Å². The number of hydrogen-bond donors (Lipinski definition) is 1. The van der Waals surface area contributed by atoms with Gasteiger partial charge in [-0.3, -0.25) is 0 Å². The SMILES string of the molecule is CCC(C)(C)C(Cc1nc2ccccc2s1)NC. The van der Waals surface area contributed by atoms with Crippen LogP contribution >= 0.6 is 11.3 Å². The summed E-state index contributed by atoms with van der Waals surface area (Å²) in [5, 5.41) is 4.69. The van der Waals surface area contributed by atoms with Crippen LogP contribution in [0.15, 0.2) is 24.3 Å². The van der Waals surface area contributed by atoms with Crippen molar-refractivity contribution in [2.45, 2.75) is 39.7 Å². The number of aromatic nitrogens is 1.